The molecule has 2 heterocycles. The Kier molecular flexibility index (Phi) is 4.25. The van der Waals surface area contributed by atoms with Crippen molar-refractivity contribution in [3.05, 3.63) is 17.5 Å². The van der Waals surface area contributed by atoms with Gasteiger partial charge in [0.25, 0.3) is 5.91 Å². The highest BCUT2D eigenvalue weighted by atomic mass is 19.4. The molecule has 0 unspecified atom stereocenters. The molecule has 0 aromatic carbocycles. The van der Waals surface area contributed by atoms with E-state index in [1.165, 1.54) is 9.58 Å². The van der Waals surface area contributed by atoms with Gasteiger partial charge in [-0.2, -0.15) is 18.3 Å². The van der Waals surface area contributed by atoms with Crippen LogP contribution in [0, 0.1) is 0 Å². The monoisotopic (exact) mass is 319 g/mol. The minimum Gasteiger partial charge on any atom is -0.380 e. The molecule has 1 amide bonds. The molecule has 1 aromatic heterocycles. The fraction of sp³-hybridized carbons (Fsp3) is 0.714. The summed E-state index contributed by atoms with van der Waals surface area (Å²) in [6.07, 6.45) is -5.67. The number of amides is 1. The smallest absolute Gasteiger partial charge is 0.380 e. The van der Waals surface area contributed by atoms with Crippen molar-refractivity contribution < 1.29 is 23.1 Å². The van der Waals surface area contributed by atoms with Crippen molar-refractivity contribution in [2.45, 2.75) is 44.4 Å². The molecule has 22 heavy (non-hydrogen) atoms. The Morgan fingerprint density at radius 1 is 1.36 bits per heavy atom. The number of likely N-dealkylation sites (tertiary alicyclic amines) is 1. The molecule has 1 aromatic rings. The molecule has 1 aliphatic heterocycles. The van der Waals surface area contributed by atoms with Crippen LogP contribution >= 0.6 is 0 Å². The summed E-state index contributed by atoms with van der Waals surface area (Å²) in [4.78, 5) is 13.8. The maximum atomic E-state index is 12.8. The van der Waals surface area contributed by atoms with Gasteiger partial charge in [-0.05, 0) is 12.0 Å². The van der Waals surface area contributed by atoms with E-state index in [9.17, 15) is 23.1 Å². The van der Waals surface area contributed by atoms with Crippen LogP contribution in [-0.2, 0) is 7.05 Å². The third-order valence-corrected chi connectivity index (χ3v) is 4.11. The van der Waals surface area contributed by atoms with Gasteiger partial charge in [-0.3, -0.25) is 9.48 Å². The number of rotatable bonds is 2. The van der Waals surface area contributed by atoms with Crippen LogP contribution in [0.5, 0.6) is 0 Å². The number of hydrogen-bond donors (Lipinski definition) is 1. The summed E-state index contributed by atoms with van der Waals surface area (Å²) < 4.78 is 39.7. The number of alkyl halides is 3. The predicted molar refractivity (Wildman–Crippen MR) is 73.4 cm³/mol. The number of carbonyl (C=O) groups is 1. The molecule has 1 aliphatic rings. The zero-order valence-electron chi connectivity index (χ0n) is 12.8. The van der Waals surface area contributed by atoms with E-state index >= 15 is 0 Å². The summed E-state index contributed by atoms with van der Waals surface area (Å²) in [6.45, 7) is 3.63. The van der Waals surface area contributed by atoms with E-state index in [2.05, 4.69) is 5.10 Å². The van der Waals surface area contributed by atoms with Gasteiger partial charge >= 0.3 is 6.18 Å². The van der Waals surface area contributed by atoms with E-state index < -0.39 is 24.6 Å². The summed E-state index contributed by atoms with van der Waals surface area (Å²) in [5.74, 6) is -0.199. The maximum Gasteiger partial charge on any atom is 0.417 e. The number of aryl methyl sites for hydroxylation is 1. The lowest BCUT2D eigenvalue weighted by Crippen LogP contribution is -2.54. The second kappa shape index (κ2) is 5.57. The SMILES string of the molecule is CC(C)c1cc(C(=O)N2CCC(O)(C(F)(F)F)CC2)n(C)n1. The van der Waals surface area contributed by atoms with Gasteiger partial charge in [0.05, 0.1) is 5.69 Å². The first-order chi connectivity index (χ1) is 10.0. The van der Waals surface area contributed by atoms with Crippen molar-refractivity contribution in [2.75, 3.05) is 13.1 Å². The molecule has 1 fully saturated rings. The molecule has 5 nitrogen and oxygen atoms in total. The summed E-state index contributed by atoms with van der Waals surface area (Å²) in [5, 5.41) is 13.9. The first-order valence-electron chi connectivity index (χ1n) is 7.17. The Hall–Kier alpha value is -1.57. The topological polar surface area (TPSA) is 58.4 Å². The Balaban J connectivity index is 2.10. The van der Waals surface area contributed by atoms with E-state index in [0.717, 1.165) is 5.69 Å². The highest BCUT2D eigenvalue weighted by Gasteiger charge is 2.55. The van der Waals surface area contributed by atoms with Crippen LogP contribution in [0.2, 0.25) is 0 Å². The highest BCUT2D eigenvalue weighted by Crippen LogP contribution is 2.38. The Bertz CT molecular complexity index is 558. The highest BCUT2D eigenvalue weighted by molar-refractivity contribution is 5.92. The molecule has 0 atom stereocenters. The molecule has 0 saturated carbocycles. The molecule has 1 saturated heterocycles. The first-order valence-corrected chi connectivity index (χ1v) is 7.17. The van der Waals surface area contributed by atoms with Crippen molar-refractivity contribution in [2.24, 2.45) is 7.05 Å². The zero-order chi connectivity index (χ0) is 16.7. The maximum absolute atomic E-state index is 12.8. The Morgan fingerprint density at radius 2 is 1.91 bits per heavy atom. The molecule has 0 bridgehead atoms. The minimum absolute atomic E-state index is 0.128. The van der Waals surface area contributed by atoms with E-state index in [4.69, 9.17) is 0 Å². The summed E-state index contributed by atoms with van der Waals surface area (Å²) >= 11 is 0. The van der Waals surface area contributed by atoms with Crippen molar-refractivity contribution in [3.63, 3.8) is 0 Å². The van der Waals surface area contributed by atoms with Gasteiger partial charge in [-0.15, -0.1) is 0 Å². The molecule has 0 radical (unpaired) electrons. The normalized spacial score (nSPS) is 18.8. The van der Waals surface area contributed by atoms with Gasteiger partial charge in [-0.1, -0.05) is 13.8 Å². The fourth-order valence-corrected chi connectivity index (χ4v) is 2.50. The summed E-state index contributed by atoms with van der Waals surface area (Å²) in [7, 11) is 1.63. The molecule has 2 rings (SSSR count). The molecular formula is C14H20F3N3O2. The predicted octanol–water partition coefficient (Wildman–Crippen LogP) is 2.07. The van der Waals surface area contributed by atoms with Crippen LogP contribution in [0.3, 0.4) is 0 Å². The second-order valence-corrected chi connectivity index (χ2v) is 6.05. The number of piperidine rings is 1. The Labute approximate surface area is 126 Å². The molecule has 124 valence electrons. The lowest BCUT2D eigenvalue weighted by atomic mass is 9.90. The van der Waals surface area contributed by atoms with Gasteiger partial charge in [0.15, 0.2) is 5.60 Å². The second-order valence-electron chi connectivity index (χ2n) is 6.05. The number of nitrogens with zero attached hydrogens (tertiary/aromatic N) is 3. The van der Waals surface area contributed by atoms with Gasteiger partial charge in [-0.25, -0.2) is 0 Å². The van der Waals surface area contributed by atoms with E-state index in [1.54, 1.807) is 13.1 Å². The number of carbonyl (C=O) groups excluding carboxylic acids is 1. The largest absolute Gasteiger partial charge is 0.417 e. The van der Waals surface area contributed by atoms with Crippen molar-refractivity contribution in [1.82, 2.24) is 14.7 Å². The summed E-state index contributed by atoms with van der Waals surface area (Å²) in [5.41, 5.74) is -1.59. The fourth-order valence-electron chi connectivity index (χ4n) is 2.50. The van der Waals surface area contributed by atoms with Crippen LogP contribution in [-0.4, -0.2) is 50.6 Å². The van der Waals surface area contributed by atoms with E-state index in [0.29, 0.717) is 5.69 Å². The van der Waals surface area contributed by atoms with Crippen LogP contribution in [0.15, 0.2) is 6.07 Å². The average molecular weight is 319 g/mol. The minimum atomic E-state index is -4.67. The van der Waals surface area contributed by atoms with Crippen molar-refractivity contribution in [3.8, 4) is 0 Å². The van der Waals surface area contributed by atoms with Crippen molar-refractivity contribution >= 4 is 5.91 Å². The molecule has 1 N–H and O–H groups in total. The summed E-state index contributed by atoms with van der Waals surface area (Å²) in [6, 6.07) is 1.66. The lowest BCUT2D eigenvalue weighted by Gasteiger charge is -2.39. The molecule has 8 heteroatoms. The zero-order valence-corrected chi connectivity index (χ0v) is 12.8. The standard InChI is InChI=1S/C14H20F3N3O2/c1-9(2)10-8-11(19(3)18-10)12(21)20-6-4-13(22,5-7-20)14(15,16)17/h8-9,22H,4-7H2,1-3H3. The van der Waals surface area contributed by atoms with Crippen LogP contribution in [0.1, 0.15) is 48.8 Å². The lowest BCUT2D eigenvalue weighted by molar-refractivity contribution is -0.271. The quantitative estimate of drug-likeness (QED) is 0.908. The van der Waals surface area contributed by atoms with E-state index in [1.807, 2.05) is 13.8 Å². The third kappa shape index (κ3) is 2.97. The Morgan fingerprint density at radius 3 is 2.32 bits per heavy atom. The molecule has 0 aliphatic carbocycles. The van der Waals surface area contributed by atoms with Crippen molar-refractivity contribution in [1.29, 1.82) is 0 Å². The van der Waals surface area contributed by atoms with Gasteiger partial charge < -0.3 is 10.0 Å². The molecule has 0 spiro atoms. The van der Waals surface area contributed by atoms with Crippen LogP contribution in [0.4, 0.5) is 13.2 Å². The number of aromatic nitrogens is 2. The number of halogens is 3. The van der Waals surface area contributed by atoms with Crippen LogP contribution < -0.4 is 0 Å². The number of hydrogen-bond acceptors (Lipinski definition) is 3. The first kappa shape index (κ1) is 16.8. The molecular weight excluding hydrogens is 299 g/mol. The van der Waals surface area contributed by atoms with Gasteiger partial charge in [0, 0.05) is 33.0 Å². The third-order valence-electron chi connectivity index (χ3n) is 4.11. The van der Waals surface area contributed by atoms with Gasteiger partial charge in [0.1, 0.15) is 5.69 Å². The van der Waals surface area contributed by atoms with Crippen LogP contribution in [0.25, 0.3) is 0 Å². The average Bonchev–Trinajstić information content (AvgIpc) is 2.80. The number of aliphatic hydroxyl groups is 1. The van der Waals surface area contributed by atoms with Gasteiger partial charge in [0.2, 0.25) is 0 Å². The van der Waals surface area contributed by atoms with E-state index in [-0.39, 0.29) is 24.9 Å².